The summed E-state index contributed by atoms with van der Waals surface area (Å²) < 4.78 is 0. The summed E-state index contributed by atoms with van der Waals surface area (Å²) in [7, 11) is 0. The molecule has 0 unspecified atom stereocenters. The quantitative estimate of drug-likeness (QED) is 0.433. The van der Waals surface area contributed by atoms with E-state index in [4.69, 9.17) is 0 Å². The molecule has 3 heteroatoms. The number of carbonyl (C=O) groups excluding carboxylic acids is 1. The molecule has 0 aromatic heterocycles. The van der Waals surface area contributed by atoms with Crippen LogP contribution in [0.2, 0.25) is 0 Å². The van der Waals surface area contributed by atoms with Crippen molar-refractivity contribution in [2.24, 2.45) is 0 Å². The number of benzene rings is 1. The molecule has 0 heterocycles. The fraction of sp³-hybridized carbons (Fsp3) is 0.417. The van der Waals surface area contributed by atoms with Crippen molar-refractivity contribution < 1.29 is 25.1 Å². The summed E-state index contributed by atoms with van der Waals surface area (Å²) in [5, 5.41) is -0.128. The molecule has 0 radical (unpaired) electrons. The van der Waals surface area contributed by atoms with Gasteiger partial charge in [-0.15, -0.1) is 12.6 Å². The summed E-state index contributed by atoms with van der Waals surface area (Å²) in [6.45, 7) is 2.18. The van der Waals surface area contributed by atoms with E-state index >= 15 is 0 Å². The number of hydrogen-bond donors (Lipinski definition) is 1. The van der Waals surface area contributed by atoms with Gasteiger partial charge in [0, 0.05) is 5.56 Å². The molecule has 0 atom stereocenters. The van der Waals surface area contributed by atoms with E-state index in [2.05, 4.69) is 19.6 Å². The number of thiol groups is 1. The van der Waals surface area contributed by atoms with Crippen LogP contribution in [0, 0.1) is 0 Å². The monoisotopic (exact) mass is 216 g/mol. The van der Waals surface area contributed by atoms with Crippen molar-refractivity contribution in [3.63, 3.8) is 0 Å². The normalized spacial score (nSPS) is 9.47. The van der Waals surface area contributed by atoms with Crippen LogP contribution in [0.15, 0.2) is 24.3 Å². The molecular weight excluding hydrogens is 199 g/mol. The van der Waals surface area contributed by atoms with Crippen LogP contribution < -0.4 is 18.9 Å². The van der Waals surface area contributed by atoms with Crippen LogP contribution in [0.5, 0.6) is 0 Å². The van der Waals surface area contributed by atoms with Crippen LogP contribution in [-0.4, -0.2) is 5.12 Å². The second-order valence-electron chi connectivity index (χ2n) is 3.42. The molecular formula is C12H17LiOS. The molecule has 15 heavy (non-hydrogen) atoms. The standard InChI is InChI=1S/C12H16OS.Li.H/c1-2-3-4-7-10-8-5-6-9-11(10)12(13)14;;/h5-6,8-9H,2-4,7H2,1H3,(H,13,14);;/q;+1;-1. The van der Waals surface area contributed by atoms with Crippen LogP contribution >= 0.6 is 12.6 Å². The number of unbranched alkanes of at least 4 members (excludes halogenated alkanes) is 2. The van der Waals surface area contributed by atoms with E-state index in [0.717, 1.165) is 24.0 Å². The van der Waals surface area contributed by atoms with Gasteiger partial charge in [0.25, 0.3) is 0 Å². The van der Waals surface area contributed by atoms with Crippen molar-refractivity contribution >= 4 is 17.7 Å². The van der Waals surface area contributed by atoms with Gasteiger partial charge in [-0.1, -0.05) is 44.0 Å². The van der Waals surface area contributed by atoms with Crippen molar-refractivity contribution in [2.75, 3.05) is 0 Å². The number of rotatable bonds is 5. The first kappa shape index (κ1) is 14.8. The molecule has 0 spiro atoms. The van der Waals surface area contributed by atoms with E-state index in [1.165, 1.54) is 12.8 Å². The van der Waals surface area contributed by atoms with Gasteiger partial charge in [-0.25, -0.2) is 0 Å². The van der Waals surface area contributed by atoms with E-state index in [-0.39, 0.29) is 25.4 Å². The number of carbonyl (C=O) groups is 1. The second kappa shape index (κ2) is 8.04. The molecule has 78 valence electrons. The second-order valence-corrected chi connectivity index (χ2v) is 3.83. The van der Waals surface area contributed by atoms with Gasteiger partial charge in [-0.05, 0) is 18.4 Å². The third-order valence-electron chi connectivity index (χ3n) is 2.30. The van der Waals surface area contributed by atoms with E-state index < -0.39 is 0 Å². The molecule has 0 bridgehead atoms. The fourth-order valence-corrected chi connectivity index (χ4v) is 1.73. The molecule has 0 amide bonds. The Balaban J connectivity index is 0. The molecule has 1 aromatic carbocycles. The van der Waals surface area contributed by atoms with Gasteiger partial charge in [0.05, 0.1) is 0 Å². The van der Waals surface area contributed by atoms with Gasteiger partial charge >= 0.3 is 18.9 Å². The van der Waals surface area contributed by atoms with Crippen LogP contribution in [0.25, 0.3) is 0 Å². The van der Waals surface area contributed by atoms with Crippen LogP contribution in [-0.2, 0) is 6.42 Å². The summed E-state index contributed by atoms with van der Waals surface area (Å²) >= 11 is 3.86. The van der Waals surface area contributed by atoms with Crippen LogP contribution in [0.4, 0.5) is 0 Å². The van der Waals surface area contributed by atoms with Crippen molar-refractivity contribution in [1.29, 1.82) is 0 Å². The van der Waals surface area contributed by atoms with Gasteiger partial charge in [0.2, 0.25) is 5.12 Å². The predicted octanol–water partition coefficient (Wildman–Crippen LogP) is 0.606. The van der Waals surface area contributed by atoms with E-state index in [1.54, 1.807) is 0 Å². The maximum atomic E-state index is 11.2. The molecule has 0 N–H and O–H groups in total. The Morgan fingerprint density at radius 3 is 2.60 bits per heavy atom. The van der Waals surface area contributed by atoms with Crippen LogP contribution in [0.1, 0.15) is 43.5 Å². The van der Waals surface area contributed by atoms with Crippen molar-refractivity contribution in [3.8, 4) is 0 Å². The van der Waals surface area contributed by atoms with E-state index in [1.807, 2.05) is 24.3 Å². The SMILES string of the molecule is CCCCCc1ccccc1C(=O)S.[H-].[Li+]. The van der Waals surface area contributed by atoms with Crippen molar-refractivity contribution in [1.82, 2.24) is 0 Å². The third kappa shape index (κ3) is 4.93. The molecule has 0 saturated carbocycles. The summed E-state index contributed by atoms with van der Waals surface area (Å²) in [6.07, 6.45) is 4.55. The molecule has 0 saturated heterocycles. The van der Waals surface area contributed by atoms with Gasteiger partial charge in [-0.3, -0.25) is 4.79 Å². The van der Waals surface area contributed by atoms with Gasteiger partial charge in [0.15, 0.2) is 0 Å². The van der Waals surface area contributed by atoms with E-state index in [0.29, 0.717) is 0 Å². The zero-order valence-electron chi connectivity index (χ0n) is 10.5. The van der Waals surface area contributed by atoms with Crippen LogP contribution in [0.3, 0.4) is 0 Å². The Kier molecular flexibility index (Phi) is 7.96. The summed E-state index contributed by atoms with van der Waals surface area (Å²) in [4.78, 5) is 11.2. The number of aryl methyl sites for hydroxylation is 1. The number of hydrogen-bond acceptors (Lipinski definition) is 1. The first-order valence-corrected chi connectivity index (χ1v) is 5.51. The van der Waals surface area contributed by atoms with Gasteiger partial charge in [0.1, 0.15) is 0 Å². The average Bonchev–Trinajstić information content (AvgIpc) is 2.19. The largest absolute Gasteiger partial charge is 1.00 e. The van der Waals surface area contributed by atoms with Gasteiger partial charge in [-0.2, -0.15) is 0 Å². The van der Waals surface area contributed by atoms with Crippen molar-refractivity contribution in [3.05, 3.63) is 35.4 Å². The minimum Gasteiger partial charge on any atom is -1.00 e. The zero-order valence-corrected chi connectivity index (χ0v) is 10.4. The Morgan fingerprint density at radius 2 is 2.00 bits per heavy atom. The summed E-state index contributed by atoms with van der Waals surface area (Å²) in [5.74, 6) is 0. The molecule has 1 rings (SSSR count). The average molecular weight is 216 g/mol. The first-order chi connectivity index (χ1) is 6.75. The zero-order chi connectivity index (χ0) is 10.4. The van der Waals surface area contributed by atoms with Gasteiger partial charge < -0.3 is 1.43 Å². The summed E-state index contributed by atoms with van der Waals surface area (Å²) in [5.41, 5.74) is 1.88. The van der Waals surface area contributed by atoms with E-state index in [9.17, 15) is 4.79 Å². The first-order valence-electron chi connectivity index (χ1n) is 5.07. The maximum absolute atomic E-state index is 11.2. The smallest absolute Gasteiger partial charge is 1.00 e. The van der Waals surface area contributed by atoms with Crippen molar-refractivity contribution in [2.45, 2.75) is 32.6 Å². The molecule has 1 nitrogen and oxygen atoms in total. The molecule has 0 aliphatic rings. The predicted molar refractivity (Wildman–Crippen MR) is 64.1 cm³/mol. The fourth-order valence-electron chi connectivity index (χ4n) is 1.51. The molecule has 0 aliphatic heterocycles. The Hall–Kier alpha value is -0.163. The minimum atomic E-state index is -0.128. The maximum Gasteiger partial charge on any atom is 1.00 e. The molecule has 0 fully saturated rings. The molecule has 1 aromatic rings. The Bertz CT molecular complexity index is 318. The summed E-state index contributed by atoms with van der Waals surface area (Å²) in [6, 6.07) is 7.71. The Labute approximate surface area is 111 Å². The molecule has 0 aliphatic carbocycles. The third-order valence-corrected chi connectivity index (χ3v) is 2.54. The topological polar surface area (TPSA) is 17.1 Å². The Morgan fingerprint density at radius 1 is 1.33 bits per heavy atom. The minimum absolute atomic E-state index is 0.